The van der Waals surface area contributed by atoms with Crippen LogP contribution in [-0.4, -0.2) is 40.0 Å². The van der Waals surface area contributed by atoms with E-state index < -0.39 is 6.10 Å². The first-order valence-corrected chi connectivity index (χ1v) is 7.16. The van der Waals surface area contributed by atoms with Crippen molar-refractivity contribution in [3.05, 3.63) is 29.8 Å². The van der Waals surface area contributed by atoms with Gasteiger partial charge in [0.05, 0.1) is 17.7 Å². The molecule has 2 amide bonds. The maximum absolute atomic E-state index is 11.9. The molecule has 1 aliphatic heterocycles. The molecule has 2 N–H and O–H groups in total. The van der Waals surface area contributed by atoms with Gasteiger partial charge in [0.15, 0.2) is 0 Å². The summed E-state index contributed by atoms with van der Waals surface area (Å²) in [5.41, 5.74) is 1.25. The second kappa shape index (κ2) is 6.08. The highest BCUT2D eigenvalue weighted by molar-refractivity contribution is 8.00. The molecule has 0 radical (unpaired) electrons. The molecule has 1 atom stereocenters. The van der Waals surface area contributed by atoms with Crippen molar-refractivity contribution in [2.75, 3.05) is 23.5 Å². The van der Waals surface area contributed by atoms with Crippen molar-refractivity contribution in [3.8, 4) is 0 Å². The summed E-state index contributed by atoms with van der Waals surface area (Å²) in [7, 11) is 0. The van der Waals surface area contributed by atoms with Crippen LogP contribution in [0.5, 0.6) is 0 Å². The van der Waals surface area contributed by atoms with E-state index in [4.69, 9.17) is 0 Å². The zero-order valence-corrected chi connectivity index (χ0v) is 11.4. The summed E-state index contributed by atoms with van der Waals surface area (Å²) in [5, 5.41) is 12.4. The molecule has 6 heteroatoms. The highest BCUT2D eigenvalue weighted by Gasteiger charge is 2.23. The number of aliphatic hydroxyl groups excluding tert-OH is 1. The van der Waals surface area contributed by atoms with Gasteiger partial charge in [0.2, 0.25) is 11.8 Å². The minimum Gasteiger partial charge on any atom is -0.389 e. The molecule has 1 saturated heterocycles. The van der Waals surface area contributed by atoms with Gasteiger partial charge in [-0.2, -0.15) is 0 Å². The summed E-state index contributed by atoms with van der Waals surface area (Å²) in [4.78, 5) is 24.8. The number of hydrogen-bond acceptors (Lipinski definition) is 4. The van der Waals surface area contributed by atoms with E-state index in [2.05, 4.69) is 5.32 Å². The Morgan fingerprint density at radius 1 is 1.53 bits per heavy atom. The van der Waals surface area contributed by atoms with Crippen LogP contribution >= 0.6 is 11.8 Å². The van der Waals surface area contributed by atoms with Gasteiger partial charge >= 0.3 is 0 Å². The Bertz CT molecular complexity index is 491. The van der Waals surface area contributed by atoms with E-state index in [1.54, 1.807) is 31.2 Å². The summed E-state index contributed by atoms with van der Waals surface area (Å²) >= 11 is 1.50. The summed E-state index contributed by atoms with van der Waals surface area (Å²) in [6.07, 6.45) is -0.652. The molecule has 2 rings (SSSR count). The predicted octanol–water partition coefficient (Wildman–Crippen LogP) is 1.21. The SMILES string of the molecule is CC(O)c1ccccc1NC(=O)CN1CSCC1=O. The number of amides is 2. The van der Waals surface area contributed by atoms with Crippen molar-refractivity contribution in [1.29, 1.82) is 0 Å². The fourth-order valence-electron chi connectivity index (χ4n) is 1.88. The van der Waals surface area contributed by atoms with Gasteiger partial charge in [-0.3, -0.25) is 9.59 Å². The third-order valence-corrected chi connectivity index (χ3v) is 3.79. The van der Waals surface area contributed by atoms with Gasteiger partial charge < -0.3 is 15.3 Å². The van der Waals surface area contributed by atoms with E-state index in [9.17, 15) is 14.7 Å². The van der Waals surface area contributed by atoms with Crippen LogP contribution in [0.4, 0.5) is 5.69 Å². The molecule has 5 nitrogen and oxygen atoms in total. The fraction of sp³-hybridized carbons (Fsp3) is 0.385. The first kappa shape index (κ1) is 13.9. The Kier molecular flexibility index (Phi) is 4.44. The number of carbonyl (C=O) groups is 2. The lowest BCUT2D eigenvalue weighted by Gasteiger charge is -2.16. The number of anilines is 1. The predicted molar refractivity (Wildman–Crippen MR) is 74.7 cm³/mol. The summed E-state index contributed by atoms with van der Waals surface area (Å²) in [6, 6.07) is 7.09. The number of thioether (sulfide) groups is 1. The van der Waals surface area contributed by atoms with Crippen LogP contribution < -0.4 is 5.32 Å². The fourth-order valence-corrected chi connectivity index (χ4v) is 2.78. The van der Waals surface area contributed by atoms with Gasteiger partial charge in [0, 0.05) is 11.3 Å². The zero-order valence-electron chi connectivity index (χ0n) is 10.6. The second-order valence-corrected chi connectivity index (χ2v) is 5.34. The molecule has 1 heterocycles. The van der Waals surface area contributed by atoms with Crippen molar-refractivity contribution in [1.82, 2.24) is 4.90 Å². The number of nitrogens with zero attached hydrogens (tertiary/aromatic N) is 1. The molecular weight excluding hydrogens is 264 g/mol. The molecule has 1 unspecified atom stereocenters. The smallest absolute Gasteiger partial charge is 0.244 e. The molecule has 0 aromatic heterocycles. The molecule has 0 saturated carbocycles. The molecule has 0 spiro atoms. The third kappa shape index (κ3) is 3.48. The quantitative estimate of drug-likeness (QED) is 0.870. The van der Waals surface area contributed by atoms with Crippen LogP contribution in [0.1, 0.15) is 18.6 Å². The van der Waals surface area contributed by atoms with Crippen LogP contribution in [0.25, 0.3) is 0 Å². The topological polar surface area (TPSA) is 69.6 Å². The Morgan fingerprint density at radius 3 is 2.89 bits per heavy atom. The van der Waals surface area contributed by atoms with Gasteiger partial charge in [-0.25, -0.2) is 0 Å². The molecule has 0 aliphatic carbocycles. The minimum absolute atomic E-state index is 0.0102. The molecular formula is C13H16N2O3S. The lowest BCUT2D eigenvalue weighted by molar-refractivity contribution is -0.130. The Hall–Kier alpha value is -1.53. The Labute approximate surface area is 116 Å². The van der Waals surface area contributed by atoms with Gasteiger partial charge in [-0.1, -0.05) is 18.2 Å². The summed E-state index contributed by atoms with van der Waals surface area (Å²) < 4.78 is 0. The number of aliphatic hydroxyl groups is 1. The van der Waals surface area contributed by atoms with Gasteiger partial charge in [0.25, 0.3) is 0 Å². The van der Waals surface area contributed by atoms with Gasteiger partial charge in [-0.05, 0) is 13.0 Å². The average Bonchev–Trinajstić information content (AvgIpc) is 2.75. The standard InChI is InChI=1S/C13H16N2O3S/c1-9(16)10-4-2-3-5-11(10)14-12(17)6-15-8-19-7-13(15)18/h2-5,9,16H,6-8H2,1H3,(H,14,17). The first-order chi connectivity index (χ1) is 9.08. The first-order valence-electron chi connectivity index (χ1n) is 6.00. The van der Waals surface area contributed by atoms with Crippen LogP contribution in [0, 0.1) is 0 Å². The number of rotatable bonds is 4. The maximum atomic E-state index is 11.9. The normalized spacial score (nSPS) is 16.5. The monoisotopic (exact) mass is 280 g/mol. The number of hydrogen-bond donors (Lipinski definition) is 2. The minimum atomic E-state index is -0.652. The van der Waals surface area contributed by atoms with Crippen molar-refractivity contribution < 1.29 is 14.7 Å². The highest BCUT2D eigenvalue weighted by Crippen LogP contribution is 2.22. The molecule has 19 heavy (non-hydrogen) atoms. The lowest BCUT2D eigenvalue weighted by atomic mass is 10.1. The Morgan fingerprint density at radius 2 is 2.26 bits per heavy atom. The summed E-state index contributed by atoms with van der Waals surface area (Å²) in [5.74, 6) is 0.745. The van der Waals surface area contributed by atoms with Crippen LogP contribution in [0.15, 0.2) is 24.3 Å². The molecule has 1 fully saturated rings. The summed E-state index contributed by atoms with van der Waals surface area (Å²) in [6.45, 7) is 1.70. The third-order valence-electron chi connectivity index (χ3n) is 2.84. The van der Waals surface area contributed by atoms with Gasteiger partial charge in [-0.15, -0.1) is 11.8 Å². The number of para-hydroxylation sites is 1. The number of carbonyl (C=O) groups excluding carboxylic acids is 2. The molecule has 1 aromatic rings. The van der Waals surface area contributed by atoms with Crippen molar-refractivity contribution in [3.63, 3.8) is 0 Å². The Balaban J connectivity index is 2.01. The molecule has 102 valence electrons. The second-order valence-electron chi connectivity index (χ2n) is 4.38. The van der Waals surface area contributed by atoms with E-state index >= 15 is 0 Å². The van der Waals surface area contributed by atoms with E-state index in [0.717, 1.165) is 0 Å². The van der Waals surface area contributed by atoms with Crippen LogP contribution in [0.2, 0.25) is 0 Å². The number of nitrogens with one attached hydrogen (secondary N) is 1. The zero-order chi connectivity index (χ0) is 13.8. The molecule has 1 aromatic carbocycles. The van der Waals surface area contributed by atoms with E-state index in [1.165, 1.54) is 16.7 Å². The van der Waals surface area contributed by atoms with Crippen molar-refractivity contribution >= 4 is 29.3 Å². The van der Waals surface area contributed by atoms with Crippen LogP contribution in [0.3, 0.4) is 0 Å². The van der Waals surface area contributed by atoms with Crippen molar-refractivity contribution in [2.24, 2.45) is 0 Å². The van der Waals surface area contributed by atoms with E-state index in [-0.39, 0.29) is 18.4 Å². The largest absolute Gasteiger partial charge is 0.389 e. The maximum Gasteiger partial charge on any atom is 0.244 e. The van der Waals surface area contributed by atoms with E-state index in [0.29, 0.717) is 22.9 Å². The number of benzene rings is 1. The molecule has 0 bridgehead atoms. The lowest BCUT2D eigenvalue weighted by Crippen LogP contribution is -2.34. The average molecular weight is 280 g/mol. The van der Waals surface area contributed by atoms with Crippen molar-refractivity contribution in [2.45, 2.75) is 13.0 Å². The van der Waals surface area contributed by atoms with Crippen LogP contribution in [-0.2, 0) is 9.59 Å². The van der Waals surface area contributed by atoms with E-state index in [1.807, 2.05) is 0 Å². The highest BCUT2D eigenvalue weighted by atomic mass is 32.2. The van der Waals surface area contributed by atoms with Gasteiger partial charge in [0.1, 0.15) is 6.54 Å². The molecule has 1 aliphatic rings.